The Labute approximate surface area is 165 Å². The molecule has 0 fully saturated rings. The SMILES string of the molecule is O=C(CNC(c1ccc(F)cc1)c1ccc(F)cc1)Nc1ccc(F)cc1Cl. The summed E-state index contributed by atoms with van der Waals surface area (Å²) in [6, 6.07) is 14.8. The predicted octanol–water partition coefficient (Wildman–Crippen LogP) is 5.08. The van der Waals surface area contributed by atoms with Crippen molar-refractivity contribution in [2.75, 3.05) is 11.9 Å². The van der Waals surface area contributed by atoms with Crippen molar-refractivity contribution in [2.24, 2.45) is 0 Å². The van der Waals surface area contributed by atoms with E-state index in [1.54, 1.807) is 24.3 Å². The second-order valence-electron chi connectivity index (χ2n) is 6.09. The first-order chi connectivity index (χ1) is 13.4. The maximum atomic E-state index is 13.3. The van der Waals surface area contributed by atoms with Crippen molar-refractivity contribution in [1.82, 2.24) is 5.32 Å². The third-order valence-corrected chi connectivity index (χ3v) is 4.39. The zero-order chi connectivity index (χ0) is 20.1. The van der Waals surface area contributed by atoms with Crippen LogP contribution in [0.1, 0.15) is 17.2 Å². The van der Waals surface area contributed by atoms with Gasteiger partial charge in [0.1, 0.15) is 17.5 Å². The van der Waals surface area contributed by atoms with Crippen LogP contribution < -0.4 is 10.6 Å². The van der Waals surface area contributed by atoms with Gasteiger partial charge in [0.25, 0.3) is 0 Å². The Morgan fingerprint density at radius 1 is 0.821 bits per heavy atom. The molecule has 0 unspecified atom stereocenters. The van der Waals surface area contributed by atoms with Gasteiger partial charge < -0.3 is 5.32 Å². The molecule has 0 saturated heterocycles. The number of anilines is 1. The van der Waals surface area contributed by atoms with Gasteiger partial charge in [-0.3, -0.25) is 10.1 Å². The first-order valence-corrected chi connectivity index (χ1v) is 8.79. The fourth-order valence-electron chi connectivity index (χ4n) is 2.72. The van der Waals surface area contributed by atoms with Gasteiger partial charge in [-0.05, 0) is 53.6 Å². The van der Waals surface area contributed by atoms with Gasteiger partial charge in [-0.25, -0.2) is 13.2 Å². The molecule has 0 aliphatic carbocycles. The highest BCUT2D eigenvalue weighted by molar-refractivity contribution is 6.33. The van der Waals surface area contributed by atoms with Crippen LogP contribution in [0.25, 0.3) is 0 Å². The Bertz CT molecular complexity index is 917. The second-order valence-corrected chi connectivity index (χ2v) is 6.50. The number of rotatable bonds is 6. The summed E-state index contributed by atoms with van der Waals surface area (Å²) in [5.41, 5.74) is 1.70. The van der Waals surface area contributed by atoms with Gasteiger partial charge in [0.05, 0.1) is 23.3 Å². The highest BCUT2D eigenvalue weighted by Gasteiger charge is 2.16. The Morgan fingerprint density at radius 2 is 1.32 bits per heavy atom. The van der Waals surface area contributed by atoms with E-state index in [-0.39, 0.29) is 28.9 Å². The third kappa shape index (κ3) is 5.12. The lowest BCUT2D eigenvalue weighted by Crippen LogP contribution is -2.32. The molecule has 1 amide bonds. The van der Waals surface area contributed by atoms with Crippen LogP contribution in [-0.2, 0) is 4.79 Å². The standard InChI is InChI=1S/C21H16ClF3N2O/c22-18-11-17(25)9-10-19(18)27-20(28)12-26-21(13-1-5-15(23)6-2-13)14-3-7-16(24)8-4-14/h1-11,21,26H,12H2,(H,27,28). The lowest BCUT2D eigenvalue weighted by atomic mass is 9.98. The van der Waals surface area contributed by atoms with Gasteiger partial charge in [0, 0.05) is 0 Å². The number of carbonyl (C=O) groups excluding carboxylic acids is 1. The summed E-state index contributed by atoms with van der Waals surface area (Å²) < 4.78 is 39.6. The Morgan fingerprint density at radius 3 is 1.82 bits per heavy atom. The highest BCUT2D eigenvalue weighted by atomic mass is 35.5. The first kappa shape index (κ1) is 19.9. The number of halogens is 4. The van der Waals surface area contributed by atoms with Crippen molar-refractivity contribution in [2.45, 2.75) is 6.04 Å². The van der Waals surface area contributed by atoms with E-state index in [1.807, 2.05) is 0 Å². The van der Waals surface area contributed by atoms with Crippen LogP contribution in [0.4, 0.5) is 18.9 Å². The Hall–Kier alpha value is -2.83. The molecule has 0 aliphatic heterocycles. The number of amides is 1. The molecule has 0 aliphatic rings. The molecule has 0 saturated carbocycles. The van der Waals surface area contributed by atoms with Crippen LogP contribution in [0.15, 0.2) is 66.7 Å². The molecule has 2 N–H and O–H groups in total. The second kappa shape index (κ2) is 8.91. The normalized spacial score (nSPS) is 10.9. The summed E-state index contributed by atoms with van der Waals surface area (Å²) in [5, 5.41) is 5.75. The molecule has 3 aromatic carbocycles. The first-order valence-electron chi connectivity index (χ1n) is 8.41. The van der Waals surface area contributed by atoms with Crippen molar-refractivity contribution in [3.05, 3.63) is 100 Å². The molecule has 0 radical (unpaired) electrons. The molecule has 0 aromatic heterocycles. The summed E-state index contributed by atoms with van der Waals surface area (Å²) in [6.45, 7) is -0.104. The van der Waals surface area contributed by atoms with Crippen LogP contribution in [0.2, 0.25) is 5.02 Å². The molecule has 7 heteroatoms. The highest BCUT2D eigenvalue weighted by Crippen LogP contribution is 2.24. The number of hydrogen-bond donors (Lipinski definition) is 2. The molecular weight excluding hydrogens is 389 g/mol. The minimum absolute atomic E-state index is 0.0852. The van der Waals surface area contributed by atoms with E-state index in [1.165, 1.54) is 36.4 Å². The van der Waals surface area contributed by atoms with Crippen molar-refractivity contribution in [3.8, 4) is 0 Å². The minimum atomic E-state index is -0.506. The Balaban J connectivity index is 1.74. The van der Waals surface area contributed by atoms with Crippen molar-refractivity contribution >= 4 is 23.2 Å². The summed E-state index contributed by atoms with van der Waals surface area (Å²) in [7, 11) is 0. The number of hydrogen-bond acceptors (Lipinski definition) is 2. The lowest BCUT2D eigenvalue weighted by molar-refractivity contribution is -0.115. The summed E-state index contributed by atoms with van der Waals surface area (Å²) >= 11 is 5.91. The molecule has 0 heterocycles. The van der Waals surface area contributed by atoms with Gasteiger partial charge in [-0.1, -0.05) is 35.9 Å². The minimum Gasteiger partial charge on any atom is -0.324 e. The molecule has 144 valence electrons. The van der Waals surface area contributed by atoms with Crippen LogP contribution in [0.5, 0.6) is 0 Å². The fourth-order valence-corrected chi connectivity index (χ4v) is 2.93. The molecule has 0 atom stereocenters. The molecule has 3 rings (SSSR count). The summed E-state index contributed by atoms with van der Waals surface area (Å²) in [5.74, 6) is -1.67. The Kier molecular flexibility index (Phi) is 6.34. The molecule has 28 heavy (non-hydrogen) atoms. The van der Waals surface area contributed by atoms with Crippen molar-refractivity contribution in [3.63, 3.8) is 0 Å². The zero-order valence-electron chi connectivity index (χ0n) is 14.6. The number of nitrogens with one attached hydrogen (secondary N) is 2. The van der Waals surface area contributed by atoms with Gasteiger partial charge in [-0.2, -0.15) is 0 Å². The van der Waals surface area contributed by atoms with Gasteiger partial charge in [0.15, 0.2) is 0 Å². The molecular formula is C21H16ClF3N2O. The predicted molar refractivity (Wildman–Crippen MR) is 103 cm³/mol. The quantitative estimate of drug-likeness (QED) is 0.602. The van der Waals surface area contributed by atoms with Gasteiger partial charge in [0.2, 0.25) is 5.91 Å². The molecule has 0 spiro atoms. The van der Waals surface area contributed by atoms with Gasteiger partial charge in [-0.15, -0.1) is 0 Å². The van der Waals surface area contributed by atoms with E-state index in [0.29, 0.717) is 11.1 Å². The largest absolute Gasteiger partial charge is 0.324 e. The monoisotopic (exact) mass is 404 g/mol. The van der Waals surface area contributed by atoms with E-state index in [2.05, 4.69) is 10.6 Å². The van der Waals surface area contributed by atoms with Crippen LogP contribution in [0, 0.1) is 17.5 Å². The maximum absolute atomic E-state index is 13.3. The van der Waals surface area contributed by atoms with Crippen LogP contribution >= 0.6 is 11.6 Å². The van der Waals surface area contributed by atoms with E-state index in [0.717, 1.165) is 6.07 Å². The topological polar surface area (TPSA) is 41.1 Å². The average Bonchev–Trinajstić information content (AvgIpc) is 2.67. The smallest absolute Gasteiger partial charge is 0.238 e. The van der Waals surface area contributed by atoms with Crippen LogP contribution in [0.3, 0.4) is 0 Å². The third-order valence-electron chi connectivity index (χ3n) is 4.08. The summed E-state index contributed by atoms with van der Waals surface area (Å²) in [6.07, 6.45) is 0. The van der Waals surface area contributed by atoms with E-state index in [9.17, 15) is 18.0 Å². The van der Waals surface area contributed by atoms with Crippen molar-refractivity contribution in [1.29, 1.82) is 0 Å². The van der Waals surface area contributed by atoms with E-state index < -0.39 is 17.8 Å². The van der Waals surface area contributed by atoms with E-state index >= 15 is 0 Å². The van der Waals surface area contributed by atoms with Crippen molar-refractivity contribution < 1.29 is 18.0 Å². The number of carbonyl (C=O) groups is 1. The van der Waals surface area contributed by atoms with Crippen LogP contribution in [-0.4, -0.2) is 12.5 Å². The van der Waals surface area contributed by atoms with E-state index in [4.69, 9.17) is 11.6 Å². The zero-order valence-corrected chi connectivity index (χ0v) is 15.3. The van der Waals surface area contributed by atoms with Gasteiger partial charge >= 0.3 is 0 Å². The lowest BCUT2D eigenvalue weighted by Gasteiger charge is -2.20. The summed E-state index contributed by atoms with van der Waals surface area (Å²) in [4.78, 5) is 12.3. The maximum Gasteiger partial charge on any atom is 0.238 e. The molecule has 3 nitrogen and oxygen atoms in total. The number of benzene rings is 3. The molecule has 3 aromatic rings. The fraction of sp³-hybridized carbons (Fsp3) is 0.0952. The molecule has 0 bridgehead atoms. The average molecular weight is 405 g/mol.